The number of hydrogen-bond acceptors (Lipinski definition) is 4. The summed E-state index contributed by atoms with van der Waals surface area (Å²) in [7, 11) is 0. The van der Waals surface area contributed by atoms with Crippen LogP contribution in [0.25, 0.3) is 27.9 Å². The number of piperazine rings is 1. The van der Waals surface area contributed by atoms with Gasteiger partial charge in [0.25, 0.3) is 0 Å². The van der Waals surface area contributed by atoms with Crippen LogP contribution in [0.2, 0.25) is 0 Å². The number of benzene rings is 1. The zero-order valence-corrected chi connectivity index (χ0v) is 16.7. The topological polar surface area (TPSA) is 52.5 Å². The number of pyridine rings is 1. The summed E-state index contributed by atoms with van der Waals surface area (Å²) in [5.41, 5.74) is 5.66. The van der Waals surface area contributed by atoms with Crippen LogP contribution in [0.5, 0.6) is 0 Å². The van der Waals surface area contributed by atoms with E-state index < -0.39 is 0 Å². The minimum atomic E-state index is 0.231. The van der Waals surface area contributed by atoms with Crippen molar-refractivity contribution in [3.05, 3.63) is 48.8 Å². The third-order valence-corrected chi connectivity index (χ3v) is 5.73. The quantitative estimate of drug-likeness (QED) is 0.580. The van der Waals surface area contributed by atoms with Gasteiger partial charge >= 0.3 is 0 Å². The summed E-state index contributed by atoms with van der Waals surface area (Å²) in [6, 6.07) is 12.4. The molecule has 0 bridgehead atoms. The molecule has 1 saturated heterocycles. The van der Waals surface area contributed by atoms with Crippen molar-refractivity contribution in [2.24, 2.45) is 0 Å². The molecule has 3 aromatic heterocycles. The Labute approximate surface area is 164 Å². The van der Waals surface area contributed by atoms with Gasteiger partial charge in [0, 0.05) is 43.5 Å². The second kappa shape index (κ2) is 6.34. The van der Waals surface area contributed by atoms with Gasteiger partial charge < -0.3 is 9.88 Å². The second-order valence-corrected chi connectivity index (χ2v) is 8.52. The van der Waals surface area contributed by atoms with Gasteiger partial charge in [0.1, 0.15) is 5.82 Å². The molecule has 0 atom stereocenters. The molecule has 0 spiro atoms. The highest BCUT2D eigenvalue weighted by Gasteiger charge is 2.27. The van der Waals surface area contributed by atoms with Crippen LogP contribution in [0.4, 0.5) is 5.69 Å². The monoisotopic (exact) mass is 374 g/mol. The van der Waals surface area contributed by atoms with Crippen molar-refractivity contribution in [3.63, 3.8) is 0 Å². The lowest BCUT2D eigenvalue weighted by Gasteiger charge is -2.42. The molecule has 0 aliphatic carbocycles. The minimum Gasteiger partial charge on any atom is -0.366 e. The summed E-state index contributed by atoms with van der Waals surface area (Å²) in [5, 5.41) is 4.62. The van der Waals surface area contributed by atoms with E-state index in [0.717, 1.165) is 54.1 Å². The van der Waals surface area contributed by atoms with Gasteiger partial charge in [0.2, 0.25) is 0 Å². The molecule has 6 heteroatoms. The molecule has 5 rings (SSSR count). The molecule has 0 amide bonds. The number of aromatic nitrogens is 4. The van der Waals surface area contributed by atoms with E-state index >= 15 is 0 Å². The predicted molar refractivity (Wildman–Crippen MR) is 114 cm³/mol. The summed E-state index contributed by atoms with van der Waals surface area (Å²) < 4.78 is 1.97. The maximum Gasteiger partial charge on any atom is 0.140 e. The Hall–Kier alpha value is -2.86. The Bertz CT molecular complexity index is 1090. The van der Waals surface area contributed by atoms with Gasteiger partial charge in [-0.15, -0.1) is 0 Å². The first-order chi connectivity index (χ1) is 13.5. The molecule has 144 valence electrons. The van der Waals surface area contributed by atoms with Crippen LogP contribution in [0.3, 0.4) is 0 Å². The first kappa shape index (κ1) is 17.3. The van der Waals surface area contributed by atoms with Crippen molar-refractivity contribution in [2.45, 2.75) is 26.3 Å². The highest BCUT2D eigenvalue weighted by Crippen LogP contribution is 2.27. The van der Waals surface area contributed by atoms with Gasteiger partial charge in [-0.05, 0) is 45.0 Å². The summed E-state index contributed by atoms with van der Waals surface area (Å²) in [6.45, 7) is 11.1. The van der Waals surface area contributed by atoms with E-state index in [2.05, 4.69) is 59.0 Å². The Balaban J connectivity index is 1.42. The lowest BCUT2D eigenvalue weighted by molar-refractivity contribution is 0.128. The van der Waals surface area contributed by atoms with E-state index in [9.17, 15) is 0 Å². The van der Waals surface area contributed by atoms with E-state index in [1.54, 1.807) is 0 Å². The third-order valence-electron chi connectivity index (χ3n) is 5.73. The van der Waals surface area contributed by atoms with Gasteiger partial charge in [-0.25, -0.2) is 9.50 Å². The standard InChI is InChI=1S/C22H26N6/c1-22(2,3)27-12-10-26(11-13-27)20-14-23-28-15-16(8-9-19(20)28)21-24-17-6-4-5-7-18(17)25-21/h4-9,14-15H,10-13H2,1-3H3,(H,24,25). The third kappa shape index (κ3) is 2.94. The maximum absolute atomic E-state index is 4.71. The summed E-state index contributed by atoms with van der Waals surface area (Å²) in [6.07, 6.45) is 4.05. The summed E-state index contributed by atoms with van der Waals surface area (Å²) in [4.78, 5) is 13.1. The second-order valence-electron chi connectivity index (χ2n) is 8.52. The lowest BCUT2D eigenvalue weighted by atomic mass is 10.0. The van der Waals surface area contributed by atoms with Crippen LogP contribution in [0.1, 0.15) is 20.8 Å². The number of H-pyrrole nitrogens is 1. The van der Waals surface area contributed by atoms with Crippen molar-refractivity contribution in [1.82, 2.24) is 24.5 Å². The van der Waals surface area contributed by atoms with Crippen molar-refractivity contribution >= 4 is 22.2 Å². The Morgan fingerprint density at radius 2 is 1.75 bits per heavy atom. The number of hydrogen-bond donors (Lipinski definition) is 1. The lowest BCUT2D eigenvalue weighted by Crippen LogP contribution is -2.53. The smallest absolute Gasteiger partial charge is 0.140 e. The van der Waals surface area contributed by atoms with Gasteiger partial charge in [-0.2, -0.15) is 5.10 Å². The molecule has 1 N–H and O–H groups in total. The van der Waals surface area contributed by atoms with Gasteiger partial charge in [0.15, 0.2) is 0 Å². The Morgan fingerprint density at radius 1 is 0.964 bits per heavy atom. The first-order valence-electron chi connectivity index (χ1n) is 9.91. The molecule has 1 aliphatic rings. The van der Waals surface area contributed by atoms with Gasteiger partial charge in [-0.1, -0.05) is 12.1 Å². The van der Waals surface area contributed by atoms with E-state index in [1.807, 2.05) is 35.0 Å². The van der Waals surface area contributed by atoms with E-state index in [4.69, 9.17) is 4.98 Å². The first-order valence-corrected chi connectivity index (χ1v) is 9.91. The highest BCUT2D eigenvalue weighted by molar-refractivity contribution is 5.80. The number of fused-ring (bicyclic) bond motifs is 2. The fraction of sp³-hybridized carbons (Fsp3) is 0.364. The summed E-state index contributed by atoms with van der Waals surface area (Å²) in [5.74, 6) is 0.874. The number of nitrogens with one attached hydrogen (secondary N) is 1. The van der Waals surface area contributed by atoms with Gasteiger partial charge in [0.05, 0.1) is 28.4 Å². The minimum absolute atomic E-state index is 0.231. The zero-order chi connectivity index (χ0) is 19.3. The van der Waals surface area contributed by atoms with Crippen LogP contribution in [0.15, 0.2) is 48.8 Å². The average Bonchev–Trinajstić information content (AvgIpc) is 3.31. The number of aromatic amines is 1. The molecule has 4 aromatic rings. The molecule has 1 aliphatic heterocycles. The molecule has 0 saturated carbocycles. The van der Waals surface area contributed by atoms with Crippen LogP contribution >= 0.6 is 0 Å². The fourth-order valence-electron chi connectivity index (χ4n) is 4.06. The van der Waals surface area contributed by atoms with E-state index in [-0.39, 0.29) is 5.54 Å². The molecular weight excluding hydrogens is 348 g/mol. The molecule has 1 fully saturated rings. The molecule has 1 aromatic carbocycles. The average molecular weight is 374 g/mol. The maximum atomic E-state index is 4.71. The molecule has 28 heavy (non-hydrogen) atoms. The summed E-state index contributed by atoms with van der Waals surface area (Å²) >= 11 is 0. The van der Waals surface area contributed by atoms with Crippen molar-refractivity contribution in [2.75, 3.05) is 31.1 Å². The number of imidazole rings is 1. The molecule has 0 radical (unpaired) electrons. The normalized spacial score (nSPS) is 16.3. The van der Waals surface area contributed by atoms with E-state index in [0.29, 0.717) is 0 Å². The highest BCUT2D eigenvalue weighted by atomic mass is 15.3. The SMILES string of the molecule is CC(C)(C)N1CCN(c2cnn3cc(-c4nc5ccccc5[nH]4)ccc23)CC1. The van der Waals surface area contributed by atoms with Crippen LogP contribution < -0.4 is 4.90 Å². The molecule has 6 nitrogen and oxygen atoms in total. The van der Waals surface area contributed by atoms with Crippen molar-refractivity contribution < 1.29 is 0 Å². The van der Waals surface area contributed by atoms with Crippen molar-refractivity contribution in [3.8, 4) is 11.4 Å². The van der Waals surface area contributed by atoms with Crippen LogP contribution in [0, 0.1) is 0 Å². The Morgan fingerprint density at radius 3 is 2.50 bits per heavy atom. The molecule has 4 heterocycles. The van der Waals surface area contributed by atoms with Crippen LogP contribution in [-0.2, 0) is 0 Å². The zero-order valence-electron chi connectivity index (χ0n) is 16.7. The molecular formula is C22H26N6. The molecule has 0 unspecified atom stereocenters. The number of rotatable bonds is 2. The Kier molecular flexibility index (Phi) is 3.91. The van der Waals surface area contributed by atoms with Crippen LogP contribution in [-0.4, -0.2) is 56.2 Å². The van der Waals surface area contributed by atoms with Gasteiger partial charge in [-0.3, -0.25) is 4.90 Å². The number of para-hydroxylation sites is 2. The van der Waals surface area contributed by atoms with E-state index in [1.165, 1.54) is 5.69 Å². The van der Waals surface area contributed by atoms with Crippen molar-refractivity contribution in [1.29, 1.82) is 0 Å². The predicted octanol–water partition coefficient (Wildman–Crippen LogP) is 3.80. The largest absolute Gasteiger partial charge is 0.366 e. The number of anilines is 1. The fourth-order valence-corrected chi connectivity index (χ4v) is 4.06. The number of nitrogens with zero attached hydrogens (tertiary/aromatic N) is 5.